The van der Waals surface area contributed by atoms with Crippen molar-refractivity contribution in [2.45, 2.75) is 43.3 Å². The summed E-state index contributed by atoms with van der Waals surface area (Å²) in [5.74, 6) is 0. The van der Waals surface area contributed by atoms with Crippen LogP contribution in [0.15, 0.2) is 72.4 Å². The molecule has 2 bridgehead atoms. The van der Waals surface area contributed by atoms with Gasteiger partial charge in [0.1, 0.15) is 12.2 Å². The van der Waals surface area contributed by atoms with Crippen LogP contribution in [-0.2, 0) is 20.7 Å². The molecule has 3 heterocycles. The molecule has 3 aliphatic rings. The lowest BCUT2D eigenvalue weighted by molar-refractivity contribution is -0.207. The molecule has 3 fully saturated rings. The van der Waals surface area contributed by atoms with E-state index in [0.29, 0.717) is 13.2 Å². The molecule has 3 saturated heterocycles. The van der Waals surface area contributed by atoms with Crippen LogP contribution in [0.4, 0.5) is 4.79 Å². The molecule has 0 saturated carbocycles. The van der Waals surface area contributed by atoms with Crippen molar-refractivity contribution in [2.75, 3.05) is 13.2 Å². The van der Waals surface area contributed by atoms with Crippen LogP contribution in [0.1, 0.15) is 43.2 Å². The number of carbonyl (C=O) groups excluding carboxylic acids is 1. The van der Waals surface area contributed by atoms with Gasteiger partial charge in [0.2, 0.25) is 0 Å². The Morgan fingerprint density at radius 3 is 2.29 bits per heavy atom. The quantitative estimate of drug-likeness (QED) is 0.748. The molecule has 0 N–H and O–H groups in total. The molecule has 0 aliphatic carbocycles. The number of ether oxygens (including phenoxy) is 2. The topological polar surface area (TPSA) is 38.8 Å². The number of amides is 1. The maximum Gasteiger partial charge on any atom is 0.413 e. The van der Waals surface area contributed by atoms with E-state index < -0.39 is 5.60 Å². The lowest BCUT2D eigenvalue weighted by Gasteiger charge is -2.54. The minimum atomic E-state index is -0.490. The predicted octanol–water partition coefficient (Wildman–Crippen LogP) is 5.11. The molecule has 2 atom stereocenters. The summed E-state index contributed by atoms with van der Waals surface area (Å²) in [6.45, 7) is 1.06. The van der Waals surface area contributed by atoms with Crippen LogP contribution in [-0.4, -0.2) is 24.1 Å². The van der Waals surface area contributed by atoms with Crippen molar-refractivity contribution in [2.24, 2.45) is 0 Å². The average Bonchev–Trinajstić information content (AvgIpc) is 3.16. The Balaban J connectivity index is 1.61. The molecule has 1 amide bonds. The third-order valence-electron chi connectivity index (χ3n) is 6.44. The first-order chi connectivity index (χ1) is 13.7. The molecular formula is C24H25NO3. The summed E-state index contributed by atoms with van der Waals surface area (Å²) in [5.41, 5.74) is 2.86. The van der Waals surface area contributed by atoms with Crippen LogP contribution in [0.2, 0.25) is 0 Å². The van der Waals surface area contributed by atoms with Crippen LogP contribution >= 0.6 is 0 Å². The Morgan fingerprint density at radius 1 is 0.893 bits per heavy atom. The maximum atomic E-state index is 12.1. The molecule has 3 aliphatic heterocycles. The average molecular weight is 375 g/mol. The zero-order valence-electron chi connectivity index (χ0n) is 16.0. The summed E-state index contributed by atoms with van der Waals surface area (Å²) in [4.78, 5) is 13.8. The van der Waals surface area contributed by atoms with E-state index in [-0.39, 0.29) is 11.7 Å². The van der Waals surface area contributed by atoms with Gasteiger partial charge in [0, 0.05) is 6.20 Å². The van der Waals surface area contributed by atoms with Crippen molar-refractivity contribution in [3.05, 3.63) is 83.6 Å². The lowest BCUT2D eigenvalue weighted by Crippen LogP contribution is -2.50. The Morgan fingerprint density at radius 2 is 1.61 bits per heavy atom. The fourth-order valence-corrected chi connectivity index (χ4v) is 5.06. The second-order valence-corrected chi connectivity index (χ2v) is 7.97. The molecule has 4 heteroatoms. The molecule has 5 rings (SSSR count). The number of carbonyl (C=O) groups is 1. The highest BCUT2D eigenvalue weighted by atomic mass is 16.6. The van der Waals surface area contributed by atoms with Crippen LogP contribution in [0.25, 0.3) is 0 Å². The van der Waals surface area contributed by atoms with Gasteiger partial charge in [-0.15, -0.1) is 0 Å². The highest BCUT2D eigenvalue weighted by Gasteiger charge is 2.53. The number of rotatable bonds is 3. The normalized spacial score (nSPS) is 31.1. The van der Waals surface area contributed by atoms with Crippen LogP contribution in [0.3, 0.4) is 0 Å². The van der Waals surface area contributed by atoms with Gasteiger partial charge in [-0.25, -0.2) is 4.79 Å². The highest BCUT2D eigenvalue weighted by molar-refractivity contribution is 5.70. The second-order valence-electron chi connectivity index (χ2n) is 7.97. The first-order valence-corrected chi connectivity index (χ1v) is 10.2. The Hall–Kier alpha value is -2.59. The zero-order chi connectivity index (χ0) is 19.0. The van der Waals surface area contributed by atoms with Crippen molar-refractivity contribution in [3.63, 3.8) is 0 Å². The van der Waals surface area contributed by atoms with Crippen molar-refractivity contribution in [1.82, 2.24) is 4.90 Å². The zero-order valence-corrected chi connectivity index (χ0v) is 16.0. The molecule has 4 nitrogen and oxygen atoms in total. The summed E-state index contributed by atoms with van der Waals surface area (Å²) in [7, 11) is 0. The van der Waals surface area contributed by atoms with Gasteiger partial charge in [0.25, 0.3) is 0 Å². The van der Waals surface area contributed by atoms with E-state index in [9.17, 15) is 4.79 Å². The smallest absolute Gasteiger partial charge is 0.413 e. The molecule has 0 radical (unpaired) electrons. The summed E-state index contributed by atoms with van der Waals surface area (Å²) >= 11 is 0. The first-order valence-electron chi connectivity index (χ1n) is 10.2. The van der Waals surface area contributed by atoms with Crippen LogP contribution < -0.4 is 0 Å². The number of hydrogen-bond acceptors (Lipinski definition) is 3. The van der Waals surface area contributed by atoms with E-state index >= 15 is 0 Å². The van der Waals surface area contributed by atoms with Crippen LogP contribution in [0.5, 0.6) is 0 Å². The third kappa shape index (κ3) is 2.75. The SMILES string of the molecule is O=C1OCCN1/C=C1/CC[C@@]2(c3ccccc3)CCC[C@]1(c1ccccc1)O2. The second kappa shape index (κ2) is 6.78. The number of nitrogens with zero attached hydrogens (tertiary/aromatic N) is 1. The molecule has 28 heavy (non-hydrogen) atoms. The van der Waals surface area contributed by atoms with Gasteiger partial charge in [-0.1, -0.05) is 60.7 Å². The van der Waals surface area contributed by atoms with Gasteiger partial charge in [0.15, 0.2) is 0 Å². The number of cyclic esters (lactones) is 1. The maximum absolute atomic E-state index is 12.1. The van der Waals surface area contributed by atoms with Gasteiger partial charge < -0.3 is 9.47 Å². The van der Waals surface area contributed by atoms with Crippen molar-refractivity contribution in [1.29, 1.82) is 0 Å². The van der Waals surface area contributed by atoms with Gasteiger partial charge in [-0.2, -0.15) is 0 Å². The van der Waals surface area contributed by atoms with E-state index in [1.54, 1.807) is 4.90 Å². The minimum Gasteiger partial charge on any atom is -0.447 e. The van der Waals surface area contributed by atoms with E-state index in [2.05, 4.69) is 54.6 Å². The van der Waals surface area contributed by atoms with E-state index in [0.717, 1.165) is 32.1 Å². The number of hydrogen-bond donors (Lipinski definition) is 0. The monoisotopic (exact) mass is 375 g/mol. The third-order valence-corrected chi connectivity index (χ3v) is 6.44. The first kappa shape index (κ1) is 17.5. The fourth-order valence-electron chi connectivity index (χ4n) is 5.06. The standard InChI is InChI=1S/C24H25NO3/c26-22-25(16-17-27-22)18-21-12-15-23(19-8-3-1-4-9-19)13-7-14-24(21,28-23)20-10-5-2-6-11-20/h1-6,8-11,18H,7,12-17H2/b21-18-/t23-,24-/m1/s1. The molecule has 0 spiro atoms. The fraction of sp³-hybridized carbons (Fsp3) is 0.375. The molecule has 0 unspecified atom stereocenters. The summed E-state index contributed by atoms with van der Waals surface area (Å²) in [6, 6.07) is 21.1. The molecule has 144 valence electrons. The molecule has 2 aromatic rings. The van der Waals surface area contributed by atoms with Crippen molar-refractivity contribution >= 4 is 6.09 Å². The van der Waals surface area contributed by atoms with Crippen LogP contribution in [0, 0.1) is 0 Å². The van der Waals surface area contributed by atoms with Crippen molar-refractivity contribution < 1.29 is 14.3 Å². The van der Waals surface area contributed by atoms with E-state index in [1.807, 2.05) is 12.3 Å². The summed E-state index contributed by atoms with van der Waals surface area (Å²) < 4.78 is 12.2. The number of fused-ring (bicyclic) bond motifs is 2. The lowest BCUT2D eigenvalue weighted by atomic mass is 9.68. The van der Waals surface area contributed by atoms with Gasteiger partial charge in [-0.3, -0.25) is 4.90 Å². The minimum absolute atomic E-state index is 0.258. The molecule has 0 aromatic heterocycles. The van der Waals surface area contributed by atoms with Gasteiger partial charge in [-0.05, 0) is 48.8 Å². The Bertz CT molecular complexity index is 895. The largest absolute Gasteiger partial charge is 0.447 e. The van der Waals surface area contributed by atoms with Crippen molar-refractivity contribution in [3.8, 4) is 0 Å². The van der Waals surface area contributed by atoms with Gasteiger partial charge >= 0.3 is 6.09 Å². The predicted molar refractivity (Wildman–Crippen MR) is 107 cm³/mol. The Labute approximate surface area is 165 Å². The summed E-state index contributed by atoms with van der Waals surface area (Å²) in [6.07, 6.45) is 6.64. The van der Waals surface area contributed by atoms with E-state index in [1.165, 1.54) is 16.7 Å². The Kier molecular flexibility index (Phi) is 4.24. The van der Waals surface area contributed by atoms with E-state index in [4.69, 9.17) is 9.47 Å². The van der Waals surface area contributed by atoms with Gasteiger partial charge in [0.05, 0.1) is 12.1 Å². The summed E-state index contributed by atoms with van der Waals surface area (Å²) in [5, 5.41) is 0. The molecule has 2 aromatic carbocycles. The molecular weight excluding hydrogens is 350 g/mol. The number of benzene rings is 2. The highest BCUT2D eigenvalue weighted by Crippen LogP contribution is 2.57.